The second kappa shape index (κ2) is 7.08. The van der Waals surface area contributed by atoms with Crippen molar-refractivity contribution in [1.82, 2.24) is 4.90 Å². The van der Waals surface area contributed by atoms with Gasteiger partial charge in [0.05, 0.1) is 6.42 Å². The van der Waals surface area contributed by atoms with Gasteiger partial charge < -0.3 is 5.11 Å². The lowest BCUT2D eigenvalue weighted by molar-refractivity contribution is -0.136. The molecule has 1 aromatic carbocycles. The number of hydrogen-bond donors (Lipinski definition) is 1. The van der Waals surface area contributed by atoms with Crippen LogP contribution in [0.25, 0.3) is 0 Å². The summed E-state index contributed by atoms with van der Waals surface area (Å²) in [5.74, 6) is -0.752. The Hall–Kier alpha value is -1.35. The highest BCUT2D eigenvalue weighted by molar-refractivity contribution is 5.70. The van der Waals surface area contributed by atoms with Crippen LogP contribution in [0.1, 0.15) is 50.7 Å². The van der Waals surface area contributed by atoms with Crippen LogP contribution < -0.4 is 0 Å². The van der Waals surface area contributed by atoms with E-state index in [0.29, 0.717) is 5.41 Å². The van der Waals surface area contributed by atoms with Crippen LogP contribution in [0, 0.1) is 5.41 Å². The van der Waals surface area contributed by atoms with Crippen molar-refractivity contribution in [3.8, 4) is 0 Å². The summed E-state index contributed by atoms with van der Waals surface area (Å²) >= 11 is 0. The zero-order chi connectivity index (χ0) is 15.3. The van der Waals surface area contributed by atoms with E-state index in [0.717, 1.165) is 25.2 Å². The topological polar surface area (TPSA) is 40.5 Å². The Kier molecular flexibility index (Phi) is 5.40. The first kappa shape index (κ1) is 16.0. The predicted molar refractivity (Wildman–Crippen MR) is 85.3 cm³/mol. The van der Waals surface area contributed by atoms with Crippen LogP contribution in [0.2, 0.25) is 0 Å². The third kappa shape index (κ3) is 4.07. The fraction of sp³-hybridized carbons (Fsp3) is 0.611. The Labute approximate surface area is 128 Å². The van der Waals surface area contributed by atoms with E-state index >= 15 is 0 Å². The second-order valence-corrected chi connectivity index (χ2v) is 6.48. The smallest absolute Gasteiger partial charge is 0.307 e. The van der Waals surface area contributed by atoms with Crippen molar-refractivity contribution in [1.29, 1.82) is 0 Å². The van der Waals surface area contributed by atoms with Gasteiger partial charge in [0, 0.05) is 19.6 Å². The molecule has 0 amide bonds. The van der Waals surface area contributed by atoms with Crippen LogP contribution in [0.15, 0.2) is 24.3 Å². The summed E-state index contributed by atoms with van der Waals surface area (Å²) in [5.41, 5.74) is 2.64. The van der Waals surface area contributed by atoms with Crippen molar-refractivity contribution < 1.29 is 9.90 Å². The molecule has 0 bridgehead atoms. The molecule has 3 nitrogen and oxygen atoms in total. The fourth-order valence-electron chi connectivity index (χ4n) is 3.80. The molecule has 1 aromatic rings. The monoisotopic (exact) mass is 289 g/mol. The molecule has 2 rings (SSSR count). The highest BCUT2D eigenvalue weighted by atomic mass is 16.4. The number of carboxylic acid groups (broad SMARTS) is 1. The molecule has 0 aromatic heterocycles. The van der Waals surface area contributed by atoms with Crippen LogP contribution in [0.4, 0.5) is 0 Å². The van der Waals surface area contributed by atoms with Gasteiger partial charge in [-0.3, -0.25) is 9.69 Å². The number of nitrogens with zero attached hydrogens (tertiary/aromatic N) is 1. The van der Waals surface area contributed by atoms with Gasteiger partial charge in [0.15, 0.2) is 0 Å². The van der Waals surface area contributed by atoms with Gasteiger partial charge in [-0.2, -0.15) is 0 Å². The van der Waals surface area contributed by atoms with Crippen LogP contribution in [-0.4, -0.2) is 29.1 Å². The maximum absolute atomic E-state index is 11.0. The third-order valence-electron chi connectivity index (χ3n) is 4.53. The van der Waals surface area contributed by atoms with Crippen molar-refractivity contribution in [3.05, 3.63) is 35.4 Å². The van der Waals surface area contributed by atoms with E-state index in [9.17, 15) is 4.79 Å². The molecule has 21 heavy (non-hydrogen) atoms. The quantitative estimate of drug-likeness (QED) is 0.793. The van der Waals surface area contributed by atoms with Crippen LogP contribution in [0.5, 0.6) is 0 Å². The lowest BCUT2D eigenvalue weighted by Gasteiger charge is -2.51. The zero-order valence-corrected chi connectivity index (χ0v) is 13.3. The molecule has 1 aliphatic rings. The van der Waals surface area contributed by atoms with Gasteiger partial charge in [0.25, 0.3) is 0 Å². The van der Waals surface area contributed by atoms with E-state index in [1.165, 1.54) is 31.2 Å². The molecule has 1 saturated heterocycles. The van der Waals surface area contributed by atoms with Crippen molar-refractivity contribution in [2.45, 2.75) is 52.5 Å². The van der Waals surface area contributed by atoms with E-state index < -0.39 is 5.97 Å². The standard InChI is InChI=1S/C18H27NO2/c1-3-9-18(10-4-2)13-19(14-18)12-16-8-6-5-7-15(16)11-17(20)21/h5-8H,3-4,9-14H2,1-2H3,(H,20,21). The average Bonchev–Trinajstić information content (AvgIpc) is 2.39. The predicted octanol–water partition coefficient (Wildman–Crippen LogP) is 3.72. The van der Waals surface area contributed by atoms with Gasteiger partial charge in [-0.15, -0.1) is 0 Å². The molecule has 0 saturated carbocycles. The van der Waals surface area contributed by atoms with Gasteiger partial charge in [-0.1, -0.05) is 51.0 Å². The Morgan fingerprint density at radius 1 is 1.14 bits per heavy atom. The third-order valence-corrected chi connectivity index (χ3v) is 4.53. The van der Waals surface area contributed by atoms with Crippen LogP contribution in [0.3, 0.4) is 0 Å². The molecule has 116 valence electrons. The van der Waals surface area contributed by atoms with Crippen LogP contribution >= 0.6 is 0 Å². The van der Waals surface area contributed by atoms with Gasteiger partial charge >= 0.3 is 5.97 Å². The highest BCUT2D eigenvalue weighted by Gasteiger charge is 2.40. The van der Waals surface area contributed by atoms with Gasteiger partial charge in [-0.05, 0) is 29.4 Å². The first-order valence-corrected chi connectivity index (χ1v) is 8.09. The molecule has 0 spiro atoms. The molecular formula is C18H27NO2. The molecule has 1 N–H and O–H groups in total. The second-order valence-electron chi connectivity index (χ2n) is 6.48. The zero-order valence-electron chi connectivity index (χ0n) is 13.3. The van der Waals surface area contributed by atoms with Crippen LogP contribution in [-0.2, 0) is 17.8 Å². The largest absolute Gasteiger partial charge is 0.481 e. The van der Waals surface area contributed by atoms with Gasteiger partial charge in [0.1, 0.15) is 0 Å². The fourth-order valence-corrected chi connectivity index (χ4v) is 3.80. The number of rotatable bonds is 8. The number of hydrogen-bond acceptors (Lipinski definition) is 2. The van der Waals surface area contributed by atoms with Crippen molar-refractivity contribution in [2.24, 2.45) is 5.41 Å². The Morgan fingerprint density at radius 3 is 2.24 bits per heavy atom. The summed E-state index contributed by atoms with van der Waals surface area (Å²) in [4.78, 5) is 13.4. The molecule has 1 aliphatic heterocycles. The summed E-state index contributed by atoms with van der Waals surface area (Å²) in [7, 11) is 0. The molecule has 0 unspecified atom stereocenters. The number of likely N-dealkylation sites (tertiary alicyclic amines) is 1. The molecule has 1 heterocycles. The minimum absolute atomic E-state index is 0.124. The van der Waals surface area contributed by atoms with Gasteiger partial charge in [-0.25, -0.2) is 0 Å². The van der Waals surface area contributed by atoms with E-state index in [1.54, 1.807) is 0 Å². The summed E-state index contributed by atoms with van der Waals surface area (Å²) in [6.45, 7) is 7.75. The summed E-state index contributed by atoms with van der Waals surface area (Å²) < 4.78 is 0. The van der Waals surface area contributed by atoms with Crippen molar-refractivity contribution in [2.75, 3.05) is 13.1 Å². The molecular weight excluding hydrogens is 262 g/mol. The summed E-state index contributed by atoms with van der Waals surface area (Å²) in [5, 5.41) is 9.01. The molecule has 0 aliphatic carbocycles. The Morgan fingerprint density at radius 2 is 1.71 bits per heavy atom. The average molecular weight is 289 g/mol. The number of aliphatic carboxylic acids is 1. The van der Waals surface area contributed by atoms with E-state index in [2.05, 4.69) is 24.8 Å². The first-order chi connectivity index (χ1) is 10.1. The Balaban J connectivity index is 1.97. The minimum atomic E-state index is -0.752. The van der Waals surface area contributed by atoms with E-state index in [1.807, 2.05) is 18.2 Å². The lowest BCUT2D eigenvalue weighted by atomic mass is 9.72. The molecule has 1 fully saturated rings. The maximum atomic E-state index is 11.0. The SMILES string of the molecule is CCCC1(CCC)CN(Cc2ccccc2CC(=O)O)C1. The van der Waals surface area contributed by atoms with Crippen molar-refractivity contribution in [3.63, 3.8) is 0 Å². The summed E-state index contributed by atoms with van der Waals surface area (Å²) in [6, 6.07) is 7.94. The highest BCUT2D eigenvalue weighted by Crippen LogP contribution is 2.40. The molecule has 0 radical (unpaired) electrons. The first-order valence-electron chi connectivity index (χ1n) is 8.09. The molecule has 3 heteroatoms. The number of benzene rings is 1. The van der Waals surface area contributed by atoms with E-state index in [4.69, 9.17) is 5.11 Å². The van der Waals surface area contributed by atoms with Crippen molar-refractivity contribution >= 4 is 5.97 Å². The van der Waals surface area contributed by atoms with Gasteiger partial charge in [0.2, 0.25) is 0 Å². The van der Waals surface area contributed by atoms with E-state index in [-0.39, 0.29) is 6.42 Å². The minimum Gasteiger partial charge on any atom is -0.481 e. The number of carbonyl (C=O) groups is 1. The maximum Gasteiger partial charge on any atom is 0.307 e. The summed E-state index contributed by atoms with van der Waals surface area (Å²) in [6.07, 6.45) is 5.26. The lowest BCUT2D eigenvalue weighted by Crippen LogP contribution is -2.55. The number of carboxylic acids is 1. The molecule has 0 atom stereocenters. The normalized spacial score (nSPS) is 17.4. The Bertz CT molecular complexity index is 470.